The highest BCUT2D eigenvalue weighted by molar-refractivity contribution is 8.13. The highest BCUT2D eigenvalue weighted by Crippen LogP contribution is 2.41. The topological polar surface area (TPSA) is 191 Å². The summed E-state index contributed by atoms with van der Waals surface area (Å²) in [7, 11) is -1.60. The summed E-state index contributed by atoms with van der Waals surface area (Å²) in [4.78, 5) is 37.3. The van der Waals surface area contributed by atoms with E-state index in [2.05, 4.69) is 25.2 Å². The number of thioether (sulfide) groups is 1. The first kappa shape index (κ1) is 33.1. The Hall–Kier alpha value is -2.78. The number of hydrogen-bond acceptors (Lipinski definition) is 14. The third kappa shape index (κ3) is 8.24. The molecule has 3 heterocycles. The number of aromatic nitrogens is 4. The number of fused-ring (bicyclic) bond motifs is 1. The van der Waals surface area contributed by atoms with E-state index in [0.717, 1.165) is 5.56 Å². The lowest BCUT2D eigenvalue weighted by Gasteiger charge is -2.22. The molecule has 16 heteroatoms. The molecule has 1 aliphatic heterocycles. The van der Waals surface area contributed by atoms with Gasteiger partial charge in [0.05, 0.1) is 26.1 Å². The minimum Gasteiger partial charge on any atom is -0.476 e. The molecule has 0 saturated carbocycles. The van der Waals surface area contributed by atoms with Gasteiger partial charge in [-0.15, -0.1) is 0 Å². The van der Waals surface area contributed by atoms with Gasteiger partial charge in [0, 0.05) is 30.2 Å². The van der Waals surface area contributed by atoms with Crippen molar-refractivity contribution >= 4 is 42.5 Å². The summed E-state index contributed by atoms with van der Waals surface area (Å²) < 4.78 is 25.8. The Balaban J connectivity index is 1.43. The summed E-state index contributed by atoms with van der Waals surface area (Å²) in [6.07, 6.45) is 0.298. The van der Waals surface area contributed by atoms with Crippen molar-refractivity contribution in [2.24, 2.45) is 22.2 Å². The van der Waals surface area contributed by atoms with Crippen molar-refractivity contribution in [2.45, 2.75) is 52.6 Å². The van der Waals surface area contributed by atoms with Crippen LogP contribution >= 0.6 is 20.3 Å². The Morgan fingerprint density at radius 2 is 2.02 bits per heavy atom. The molecule has 43 heavy (non-hydrogen) atoms. The molecule has 5 unspecified atom stereocenters. The Bertz CT molecular complexity index is 1370. The summed E-state index contributed by atoms with van der Waals surface area (Å²) in [6.45, 7) is 8.82. The number of nitrogens with one attached hydrogen (secondary N) is 1. The number of anilines is 1. The normalized spacial score (nSPS) is 21.2. The first-order valence-corrected chi connectivity index (χ1v) is 16.2. The van der Waals surface area contributed by atoms with Crippen molar-refractivity contribution in [3.8, 4) is 5.88 Å². The second-order valence-corrected chi connectivity index (χ2v) is 13.0. The molecule has 3 aromatic rings. The molecule has 1 aromatic carbocycles. The van der Waals surface area contributed by atoms with E-state index in [1.54, 1.807) is 10.9 Å². The van der Waals surface area contributed by atoms with Crippen LogP contribution < -0.4 is 21.3 Å². The third-order valence-corrected chi connectivity index (χ3v) is 9.37. The SMILES string of the molecule is CCOc1nc(N)nc2c1ncn2C1OC(COP(NCc2ccccc2)OCCSC(=O)C(C)(C)CN)C(N=O)C1C. The van der Waals surface area contributed by atoms with Crippen LogP contribution in [-0.2, 0) is 25.1 Å². The largest absolute Gasteiger partial charge is 0.476 e. The maximum atomic E-state index is 12.4. The van der Waals surface area contributed by atoms with Gasteiger partial charge >= 0.3 is 0 Å². The number of rotatable bonds is 16. The molecule has 1 saturated heterocycles. The van der Waals surface area contributed by atoms with Crippen molar-refractivity contribution in [2.75, 3.05) is 37.9 Å². The molecule has 0 bridgehead atoms. The van der Waals surface area contributed by atoms with E-state index in [1.807, 2.05) is 58.0 Å². The lowest BCUT2D eigenvalue weighted by Crippen LogP contribution is -2.31. The molecule has 4 rings (SSSR count). The van der Waals surface area contributed by atoms with Crippen molar-refractivity contribution in [3.05, 3.63) is 47.1 Å². The Morgan fingerprint density at radius 3 is 2.72 bits per heavy atom. The molecule has 0 spiro atoms. The van der Waals surface area contributed by atoms with Gasteiger partial charge in [0.1, 0.15) is 18.4 Å². The van der Waals surface area contributed by atoms with E-state index < -0.39 is 32.3 Å². The smallest absolute Gasteiger partial charge is 0.256 e. The number of nitrogens with two attached hydrogens (primary N) is 2. The zero-order valence-electron chi connectivity index (χ0n) is 24.7. The summed E-state index contributed by atoms with van der Waals surface area (Å²) in [5.74, 6) is 0.426. The van der Waals surface area contributed by atoms with Gasteiger partial charge in [0.2, 0.25) is 11.8 Å². The van der Waals surface area contributed by atoms with Crippen molar-refractivity contribution in [1.82, 2.24) is 24.6 Å². The van der Waals surface area contributed by atoms with Crippen LogP contribution in [0.15, 0.2) is 41.8 Å². The van der Waals surface area contributed by atoms with Crippen LogP contribution in [0, 0.1) is 16.2 Å². The minimum absolute atomic E-state index is 0.00723. The predicted octanol–water partition coefficient (Wildman–Crippen LogP) is 3.77. The highest BCUT2D eigenvalue weighted by atomic mass is 32.2. The third-order valence-electron chi connectivity index (χ3n) is 6.97. The van der Waals surface area contributed by atoms with Crippen LogP contribution in [0.5, 0.6) is 5.88 Å². The van der Waals surface area contributed by atoms with Gasteiger partial charge in [-0.1, -0.05) is 68.0 Å². The first-order valence-electron chi connectivity index (χ1n) is 14.0. The fourth-order valence-corrected chi connectivity index (χ4v) is 6.45. The molecule has 234 valence electrons. The van der Waals surface area contributed by atoms with Gasteiger partial charge in [0.25, 0.3) is 8.53 Å². The predicted molar refractivity (Wildman–Crippen MR) is 166 cm³/mol. The van der Waals surface area contributed by atoms with Crippen LogP contribution in [0.4, 0.5) is 5.95 Å². The van der Waals surface area contributed by atoms with E-state index in [-0.39, 0.29) is 42.6 Å². The number of benzene rings is 1. The first-order chi connectivity index (χ1) is 20.7. The average molecular weight is 635 g/mol. The molecule has 14 nitrogen and oxygen atoms in total. The number of carbonyl (C=O) groups is 1. The number of nitrogen functional groups attached to an aromatic ring is 1. The maximum Gasteiger partial charge on any atom is 0.256 e. The molecule has 5 atom stereocenters. The molecule has 1 fully saturated rings. The summed E-state index contributed by atoms with van der Waals surface area (Å²) in [5, 5.41) is 6.69. The van der Waals surface area contributed by atoms with Gasteiger partial charge in [-0.2, -0.15) is 14.9 Å². The Kier molecular flexibility index (Phi) is 11.8. The Labute approximate surface area is 255 Å². The van der Waals surface area contributed by atoms with E-state index in [0.29, 0.717) is 30.1 Å². The molecular weight excluding hydrogens is 595 g/mol. The number of hydrogen-bond donors (Lipinski definition) is 3. The number of nitrogens with zero attached hydrogens (tertiary/aromatic N) is 5. The van der Waals surface area contributed by atoms with E-state index in [9.17, 15) is 9.70 Å². The molecule has 1 aliphatic rings. The monoisotopic (exact) mass is 634 g/mol. The molecule has 2 aromatic heterocycles. The quantitative estimate of drug-likeness (QED) is 0.117. The van der Waals surface area contributed by atoms with E-state index >= 15 is 0 Å². The second-order valence-electron chi connectivity index (χ2n) is 10.6. The zero-order chi connectivity index (χ0) is 31.0. The zero-order valence-corrected chi connectivity index (χ0v) is 26.4. The van der Waals surface area contributed by atoms with Gasteiger partial charge < -0.3 is 30.0 Å². The molecule has 0 aliphatic carbocycles. The molecule has 0 radical (unpaired) electrons. The highest BCUT2D eigenvalue weighted by Gasteiger charge is 2.45. The number of carbonyl (C=O) groups excluding carboxylic acids is 1. The number of nitroso groups, excluding NO2 is 1. The van der Waals surface area contributed by atoms with Crippen LogP contribution in [0.25, 0.3) is 11.2 Å². The molecule has 5 N–H and O–H groups in total. The minimum atomic E-state index is -1.60. The van der Waals surface area contributed by atoms with Gasteiger partial charge in [0.15, 0.2) is 16.3 Å². The van der Waals surface area contributed by atoms with Crippen molar-refractivity contribution in [3.63, 3.8) is 0 Å². The maximum absolute atomic E-state index is 12.4. The van der Waals surface area contributed by atoms with E-state index in [4.69, 9.17) is 30.0 Å². The van der Waals surface area contributed by atoms with Crippen LogP contribution in [-0.4, -0.2) is 68.9 Å². The van der Waals surface area contributed by atoms with Crippen LogP contribution in [0.3, 0.4) is 0 Å². The number of ether oxygens (including phenoxy) is 2. The van der Waals surface area contributed by atoms with Crippen molar-refractivity contribution in [1.29, 1.82) is 0 Å². The summed E-state index contributed by atoms with van der Waals surface area (Å²) >= 11 is 1.18. The fourth-order valence-electron chi connectivity index (χ4n) is 4.40. The second kappa shape index (κ2) is 15.3. The van der Waals surface area contributed by atoms with Gasteiger partial charge in [-0.05, 0) is 12.5 Å². The standard InChI is InChI=1S/C27H39N8O6PS/c1-5-38-23-21-22(32-26(29)33-23)35(16-30-21)24-17(2)20(34-37)19(41-24)14-40-42(31-13-18-9-7-6-8-10-18)39-11-12-43-25(36)27(3,4)15-28/h6-10,16-17,19-20,24,31H,5,11-15,28H2,1-4H3,(H2,29,32,33). The van der Waals surface area contributed by atoms with E-state index in [1.165, 1.54) is 11.8 Å². The van der Waals surface area contributed by atoms with Crippen LogP contribution in [0.1, 0.15) is 39.5 Å². The lowest BCUT2D eigenvalue weighted by atomic mass is 9.96. The number of imidazole rings is 1. The summed E-state index contributed by atoms with van der Waals surface area (Å²) in [6, 6.07) is 9.13. The van der Waals surface area contributed by atoms with Gasteiger partial charge in [-0.25, -0.2) is 10.1 Å². The fraction of sp³-hybridized carbons (Fsp3) is 0.556. The van der Waals surface area contributed by atoms with Gasteiger partial charge in [-0.3, -0.25) is 9.36 Å². The molecule has 0 amide bonds. The average Bonchev–Trinajstić information content (AvgIpc) is 3.56. The van der Waals surface area contributed by atoms with Crippen molar-refractivity contribution < 1.29 is 23.3 Å². The lowest BCUT2D eigenvalue weighted by molar-refractivity contribution is -0.117. The molecular formula is C27H39N8O6PS. The summed E-state index contributed by atoms with van der Waals surface area (Å²) in [5.41, 5.74) is 13.0. The van der Waals surface area contributed by atoms with Crippen LogP contribution in [0.2, 0.25) is 0 Å². The Morgan fingerprint density at radius 1 is 1.26 bits per heavy atom.